The van der Waals surface area contributed by atoms with Crippen molar-refractivity contribution in [3.8, 4) is 5.82 Å². The van der Waals surface area contributed by atoms with E-state index in [0.717, 1.165) is 11.5 Å². The second kappa shape index (κ2) is 3.58. The minimum Gasteiger partial charge on any atom is -0.232 e. The SMILES string of the molecule is ClCc1cccc(-n2cccn2)n1. The summed E-state index contributed by atoms with van der Waals surface area (Å²) in [6.07, 6.45) is 3.56. The summed E-state index contributed by atoms with van der Waals surface area (Å²) in [7, 11) is 0. The van der Waals surface area contributed by atoms with Crippen molar-refractivity contribution in [2.24, 2.45) is 0 Å². The topological polar surface area (TPSA) is 30.7 Å². The minimum atomic E-state index is 0.426. The van der Waals surface area contributed by atoms with Crippen LogP contribution in [0.4, 0.5) is 0 Å². The zero-order valence-electron chi connectivity index (χ0n) is 6.89. The highest BCUT2D eigenvalue weighted by Crippen LogP contribution is 2.05. The molecule has 2 aromatic heterocycles. The lowest BCUT2D eigenvalue weighted by molar-refractivity contribution is 0.839. The van der Waals surface area contributed by atoms with Crippen LogP contribution < -0.4 is 0 Å². The van der Waals surface area contributed by atoms with Crippen LogP contribution in [0.1, 0.15) is 5.69 Å². The molecule has 0 radical (unpaired) electrons. The number of halogens is 1. The van der Waals surface area contributed by atoms with Gasteiger partial charge < -0.3 is 0 Å². The van der Waals surface area contributed by atoms with Gasteiger partial charge in [-0.15, -0.1) is 11.6 Å². The maximum atomic E-state index is 5.67. The predicted molar refractivity (Wildman–Crippen MR) is 50.9 cm³/mol. The van der Waals surface area contributed by atoms with Crippen molar-refractivity contribution >= 4 is 11.6 Å². The van der Waals surface area contributed by atoms with Crippen LogP contribution in [0.5, 0.6) is 0 Å². The van der Waals surface area contributed by atoms with Crippen molar-refractivity contribution < 1.29 is 0 Å². The Bertz CT molecular complexity index is 384. The van der Waals surface area contributed by atoms with E-state index in [-0.39, 0.29) is 0 Å². The lowest BCUT2D eigenvalue weighted by Gasteiger charge is -2.00. The van der Waals surface area contributed by atoms with Crippen LogP contribution in [-0.2, 0) is 5.88 Å². The Labute approximate surface area is 81.0 Å². The molecular formula is C9H8ClN3. The normalized spacial score (nSPS) is 10.2. The van der Waals surface area contributed by atoms with Crippen molar-refractivity contribution in [1.82, 2.24) is 14.8 Å². The molecule has 0 amide bonds. The molecular weight excluding hydrogens is 186 g/mol. The maximum absolute atomic E-state index is 5.67. The third kappa shape index (κ3) is 1.70. The van der Waals surface area contributed by atoms with Crippen molar-refractivity contribution in [3.05, 3.63) is 42.4 Å². The molecule has 0 spiro atoms. The molecule has 66 valence electrons. The molecule has 4 heteroatoms. The van der Waals surface area contributed by atoms with Gasteiger partial charge in [0.15, 0.2) is 5.82 Å². The fraction of sp³-hybridized carbons (Fsp3) is 0.111. The molecule has 0 saturated carbocycles. The zero-order valence-corrected chi connectivity index (χ0v) is 7.65. The molecule has 0 aliphatic heterocycles. The smallest absolute Gasteiger partial charge is 0.153 e. The van der Waals surface area contributed by atoms with E-state index in [1.807, 2.05) is 30.5 Å². The first-order valence-electron chi connectivity index (χ1n) is 3.92. The average molecular weight is 194 g/mol. The first-order chi connectivity index (χ1) is 6.40. The van der Waals surface area contributed by atoms with Gasteiger partial charge in [-0.1, -0.05) is 6.07 Å². The number of pyridine rings is 1. The molecule has 0 atom stereocenters. The quantitative estimate of drug-likeness (QED) is 0.684. The second-order valence-electron chi connectivity index (χ2n) is 2.57. The van der Waals surface area contributed by atoms with E-state index in [9.17, 15) is 0 Å². The van der Waals surface area contributed by atoms with Crippen LogP contribution in [0.2, 0.25) is 0 Å². The van der Waals surface area contributed by atoms with E-state index in [1.54, 1.807) is 10.9 Å². The molecule has 0 aliphatic rings. The highest BCUT2D eigenvalue weighted by Gasteiger charge is 1.98. The van der Waals surface area contributed by atoms with Crippen LogP contribution in [0.15, 0.2) is 36.7 Å². The third-order valence-corrected chi connectivity index (χ3v) is 1.94. The largest absolute Gasteiger partial charge is 0.232 e. The van der Waals surface area contributed by atoms with Gasteiger partial charge in [0.1, 0.15) is 0 Å². The Hall–Kier alpha value is -1.35. The predicted octanol–water partition coefficient (Wildman–Crippen LogP) is 2.01. The van der Waals surface area contributed by atoms with Crippen LogP contribution in [0, 0.1) is 0 Å². The fourth-order valence-electron chi connectivity index (χ4n) is 1.07. The molecule has 2 heterocycles. The van der Waals surface area contributed by atoms with E-state index in [1.165, 1.54) is 0 Å². The Kier molecular flexibility index (Phi) is 2.27. The molecule has 0 aromatic carbocycles. The molecule has 0 bridgehead atoms. The van der Waals surface area contributed by atoms with Gasteiger partial charge in [0.05, 0.1) is 11.6 Å². The Morgan fingerprint density at radius 2 is 2.23 bits per heavy atom. The summed E-state index contributed by atoms with van der Waals surface area (Å²) < 4.78 is 1.70. The van der Waals surface area contributed by atoms with Gasteiger partial charge in [-0.3, -0.25) is 0 Å². The van der Waals surface area contributed by atoms with Gasteiger partial charge in [-0.2, -0.15) is 5.10 Å². The summed E-state index contributed by atoms with van der Waals surface area (Å²) in [4.78, 5) is 4.30. The Morgan fingerprint density at radius 3 is 2.92 bits per heavy atom. The van der Waals surface area contributed by atoms with Crippen molar-refractivity contribution in [2.45, 2.75) is 5.88 Å². The van der Waals surface area contributed by atoms with E-state index in [4.69, 9.17) is 11.6 Å². The van der Waals surface area contributed by atoms with Crippen molar-refractivity contribution in [1.29, 1.82) is 0 Å². The highest BCUT2D eigenvalue weighted by atomic mass is 35.5. The van der Waals surface area contributed by atoms with Crippen LogP contribution in [0.25, 0.3) is 5.82 Å². The number of aromatic nitrogens is 3. The third-order valence-electron chi connectivity index (χ3n) is 1.67. The molecule has 2 aromatic rings. The Balaban J connectivity index is 2.41. The summed E-state index contributed by atoms with van der Waals surface area (Å²) in [6, 6.07) is 7.56. The van der Waals surface area contributed by atoms with Crippen LogP contribution in [-0.4, -0.2) is 14.8 Å². The molecule has 2 rings (SSSR count). The number of rotatable bonds is 2. The second-order valence-corrected chi connectivity index (χ2v) is 2.84. The van der Waals surface area contributed by atoms with Crippen LogP contribution in [0.3, 0.4) is 0 Å². The van der Waals surface area contributed by atoms with E-state index < -0.39 is 0 Å². The summed E-state index contributed by atoms with van der Waals surface area (Å²) >= 11 is 5.67. The van der Waals surface area contributed by atoms with Crippen molar-refractivity contribution in [2.75, 3.05) is 0 Å². The molecule has 13 heavy (non-hydrogen) atoms. The zero-order chi connectivity index (χ0) is 9.10. The first kappa shape index (κ1) is 8.26. The first-order valence-corrected chi connectivity index (χ1v) is 4.45. The van der Waals surface area contributed by atoms with E-state index >= 15 is 0 Å². The Morgan fingerprint density at radius 1 is 1.31 bits per heavy atom. The minimum absolute atomic E-state index is 0.426. The number of alkyl halides is 1. The van der Waals surface area contributed by atoms with Gasteiger partial charge in [0.2, 0.25) is 0 Å². The fourth-order valence-corrected chi connectivity index (χ4v) is 1.22. The molecule has 0 saturated heterocycles. The van der Waals surface area contributed by atoms with Crippen LogP contribution >= 0.6 is 11.6 Å². The molecule has 0 N–H and O–H groups in total. The monoisotopic (exact) mass is 193 g/mol. The molecule has 0 aliphatic carbocycles. The summed E-state index contributed by atoms with van der Waals surface area (Å²) in [5, 5.41) is 4.07. The summed E-state index contributed by atoms with van der Waals surface area (Å²) in [5.41, 5.74) is 0.856. The molecule has 3 nitrogen and oxygen atoms in total. The summed E-state index contributed by atoms with van der Waals surface area (Å²) in [5.74, 6) is 1.22. The van der Waals surface area contributed by atoms with Gasteiger partial charge in [-0.05, 0) is 18.2 Å². The molecule has 0 fully saturated rings. The van der Waals surface area contributed by atoms with Crippen molar-refractivity contribution in [3.63, 3.8) is 0 Å². The average Bonchev–Trinajstić information content (AvgIpc) is 2.71. The number of hydrogen-bond donors (Lipinski definition) is 0. The number of nitrogens with zero attached hydrogens (tertiary/aromatic N) is 3. The summed E-state index contributed by atoms with van der Waals surface area (Å²) in [6.45, 7) is 0. The lowest BCUT2D eigenvalue weighted by atomic mass is 10.4. The van der Waals surface area contributed by atoms with Gasteiger partial charge in [-0.25, -0.2) is 9.67 Å². The number of hydrogen-bond acceptors (Lipinski definition) is 2. The molecule has 0 unspecified atom stereocenters. The van der Waals surface area contributed by atoms with Gasteiger partial charge in [0.25, 0.3) is 0 Å². The van der Waals surface area contributed by atoms with E-state index in [0.29, 0.717) is 5.88 Å². The highest BCUT2D eigenvalue weighted by molar-refractivity contribution is 6.16. The van der Waals surface area contributed by atoms with Gasteiger partial charge >= 0.3 is 0 Å². The standard InChI is InChI=1S/C9H8ClN3/c10-7-8-3-1-4-9(12-8)13-6-2-5-11-13/h1-6H,7H2. The lowest BCUT2D eigenvalue weighted by Crippen LogP contribution is -1.99. The van der Waals surface area contributed by atoms with Gasteiger partial charge in [0, 0.05) is 12.4 Å². The van der Waals surface area contributed by atoms with E-state index in [2.05, 4.69) is 10.1 Å². The maximum Gasteiger partial charge on any atom is 0.153 e.